The molecular formula is C19H19NO6. The standard InChI is InChI=1S/C19H19NO6/c21-16-11-17(22)15(18(23)24)10-14(16)8-4-5-9-20-19(25)26-12-13-6-2-1-3-7-13/h1-4,6-8,10-11,21-22H,5,9,12H2,(H,20,25)(H,23,24). The number of ether oxygens (including phenoxy) is 1. The van der Waals surface area contributed by atoms with E-state index < -0.39 is 17.8 Å². The number of aromatic hydroxyl groups is 2. The molecule has 26 heavy (non-hydrogen) atoms. The number of amides is 1. The maximum absolute atomic E-state index is 11.6. The van der Waals surface area contributed by atoms with Gasteiger partial charge in [0.15, 0.2) is 0 Å². The lowest BCUT2D eigenvalue weighted by atomic mass is 10.1. The largest absolute Gasteiger partial charge is 0.507 e. The van der Waals surface area contributed by atoms with Crippen LogP contribution >= 0.6 is 0 Å². The van der Waals surface area contributed by atoms with E-state index in [1.807, 2.05) is 30.3 Å². The molecule has 0 aliphatic rings. The lowest BCUT2D eigenvalue weighted by Gasteiger charge is -2.06. The zero-order valence-electron chi connectivity index (χ0n) is 13.9. The Morgan fingerprint density at radius 2 is 1.81 bits per heavy atom. The van der Waals surface area contributed by atoms with Gasteiger partial charge in [0.1, 0.15) is 23.7 Å². The molecule has 0 radical (unpaired) electrons. The molecule has 0 heterocycles. The minimum absolute atomic E-state index is 0.182. The van der Waals surface area contributed by atoms with Gasteiger partial charge < -0.3 is 25.4 Å². The molecule has 136 valence electrons. The summed E-state index contributed by atoms with van der Waals surface area (Å²) in [5.74, 6) is -2.03. The average molecular weight is 357 g/mol. The number of carbonyl (C=O) groups excluding carboxylic acids is 1. The first-order valence-electron chi connectivity index (χ1n) is 7.87. The van der Waals surface area contributed by atoms with Crippen molar-refractivity contribution in [1.82, 2.24) is 5.32 Å². The van der Waals surface area contributed by atoms with Crippen LogP contribution in [0.3, 0.4) is 0 Å². The van der Waals surface area contributed by atoms with Gasteiger partial charge in [0.2, 0.25) is 0 Å². The second-order valence-electron chi connectivity index (χ2n) is 5.41. The second kappa shape index (κ2) is 9.12. The Balaban J connectivity index is 1.78. The Morgan fingerprint density at radius 3 is 2.50 bits per heavy atom. The van der Waals surface area contributed by atoms with Gasteiger partial charge in [-0.05, 0) is 18.1 Å². The lowest BCUT2D eigenvalue weighted by molar-refractivity contribution is 0.0693. The van der Waals surface area contributed by atoms with Crippen LogP contribution in [-0.2, 0) is 11.3 Å². The van der Waals surface area contributed by atoms with Crippen molar-refractivity contribution in [2.45, 2.75) is 13.0 Å². The highest BCUT2D eigenvalue weighted by molar-refractivity contribution is 5.92. The predicted molar refractivity (Wildman–Crippen MR) is 95.0 cm³/mol. The van der Waals surface area contributed by atoms with Gasteiger partial charge in [-0.25, -0.2) is 9.59 Å². The minimum Gasteiger partial charge on any atom is -0.507 e. The average Bonchev–Trinajstić information content (AvgIpc) is 2.61. The topological polar surface area (TPSA) is 116 Å². The fourth-order valence-electron chi connectivity index (χ4n) is 2.14. The van der Waals surface area contributed by atoms with Crippen LogP contribution in [0.15, 0.2) is 48.5 Å². The van der Waals surface area contributed by atoms with Gasteiger partial charge in [0, 0.05) is 18.2 Å². The molecule has 0 aromatic heterocycles. The number of aromatic carboxylic acids is 1. The molecule has 2 aromatic rings. The van der Waals surface area contributed by atoms with E-state index in [0.717, 1.165) is 11.6 Å². The van der Waals surface area contributed by atoms with E-state index >= 15 is 0 Å². The van der Waals surface area contributed by atoms with Gasteiger partial charge in [0.25, 0.3) is 0 Å². The monoisotopic (exact) mass is 357 g/mol. The molecular weight excluding hydrogens is 338 g/mol. The molecule has 0 saturated heterocycles. The third-order valence-electron chi connectivity index (χ3n) is 3.47. The van der Waals surface area contributed by atoms with Crippen molar-refractivity contribution in [2.24, 2.45) is 0 Å². The summed E-state index contributed by atoms with van der Waals surface area (Å²) in [7, 11) is 0. The van der Waals surface area contributed by atoms with Crippen molar-refractivity contribution < 1.29 is 29.6 Å². The first-order chi connectivity index (χ1) is 12.5. The van der Waals surface area contributed by atoms with Gasteiger partial charge in [-0.2, -0.15) is 0 Å². The molecule has 7 nitrogen and oxygen atoms in total. The maximum Gasteiger partial charge on any atom is 0.407 e. The number of carboxylic acid groups (broad SMARTS) is 1. The number of phenolic OH excluding ortho intramolecular Hbond substituents is 1. The molecule has 0 spiro atoms. The highest BCUT2D eigenvalue weighted by atomic mass is 16.5. The SMILES string of the molecule is O=C(NCCC=Cc1cc(C(=O)O)c(O)cc1O)OCc1ccccc1. The number of rotatable bonds is 7. The molecule has 2 aromatic carbocycles. The summed E-state index contributed by atoms with van der Waals surface area (Å²) in [4.78, 5) is 22.5. The Morgan fingerprint density at radius 1 is 1.08 bits per heavy atom. The summed E-state index contributed by atoms with van der Waals surface area (Å²) >= 11 is 0. The number of benzene rings is 2. The van der Waals surface area contributed by atoms with Crippen LogP contribution in [0, 0.1) is 0 Å². The first kappa shape index (κ1) is 18.9. The minimum atomic E-state index is -1.29. The molecule has 0 aliphatic heterocycles. The summed E-state index contributed by atoms with van der Waals surface area (Å²) in [6, 6.07) is 11.4. The highest BCUT2D eigenvalue weighted by Crippen LogP contribution is 2.28. The Kier molecular flexibility index (Phi) is 6.61. The number of hydrogen-bond acceptors (Lipinski definition) is 5. The zero-order chi connectivity index (χ0) is 18.9. The molecule has 0 bridgehead atoms. The molecule has 0 unspecified atom stereocenters. The fraction of sp³-hybridized carbons (Fsp3) is 0.158. The predicted octanol–water partition coefficient (Wildman–Crippen LogP) is 3.13. The quantitative estimate of drug-likeness (QED) is 0.566. The van der Waals surface area contributed by atoms with Crippen molar-refractivity contribution in [3.63, 3.8) is 0 Å². The first-order valence-corrected chi connectivity index (χ1v) is 7.87. The van der Waals surface area contributed by atoms with Crippen LogP contribution in [0.25, 0.3) is 6.08 Å². The third kappa shape index (κ3) is 5.55. The summed E-state index contributed by atoms with van der Waals surface area (Å²) < 4.78 is 5.06. The van der Waals surface area contributed by atoms with Crippen molar-refractivity contribution in [1.29, 1.82) is 0 Å². The molecule has 0 aliphatic carbocycles. The van der Waals surface area contributed by atoms with Gasteiger partial charge in [0.05, 0.1) is 0 Å². The molecule has 4 N–H and O–H groups in total. The molecule has 2 rings (SSSR count). The van der Waals surface area contributed by atoms with E-state index in [1.54, 1.807) is 6.08 Å². The number of hydrogen-bond donors (Lipinski definition) is 4. The molecule has 0 saturated carbocycles. The van der Waals surface area contributed by atoms with E-state index in [0.29, 0.717) is 13.0 Å². The van der Waals surface area contributed by atoms with Crippen LogP contribution < -0.4 is 5.32 Å². The van der Waals surface area contributed by atoms with Gasteiger partial charge in [-0.15, -0.1) is 0 Å². The van der Waals surface area contributed by atoms with Gasteiger partial charge in [-0.3, -0.25) is 0 Å². The molecule has 1 amide bonds. The van der Waals surface area contributed by atoms with Gasteiger partial charge in [-0.1, -0.05) is 42.5 Å². The van der Waals surface area contributed by atoms with E-state index in [1.165, 1.54) is 12.1 Å². The number of carboxylic acids is 1. The van der Waals surface area contributed by atoms with E-state index in [4.69, 9.17) is 9.84 Å². The van der Waals surface area contributed by atoms with Gasteiger partial charge >= 0.3 is 12.1 Å². The van der Waals surface area contributed by atoms with Crippen molar-refractivity contribution in [3.05, 3.63) is 65.2 Å². The molecule has 0 fully saturated rings. The maximum atomic E-state index is 11.6. The third-order valence-corrected chi connectivity index (χ3v) is 3.47. The second-order valence-corrected chi connectivity index (χ2v) is 5.41. The molecule has 7 heteroatoms. The van der Waals surface area contributed by atoms with Crippen molar-refractivity contribution in [2.75, 3.05) is 6.54 Å². The number of phenols is 2. The van der Waals surface area contributed by atoms with E-state index in [-0.39, 0.29) is 23.5 Å². The Bertz CT molecular complexity index is 801. The zero-order valence-corrected chi connectivity index (χ0v) is 13.9. The summed E-state index contributed by atoms with van der Waals surface area (Å²) in [6.45, 7) is 0.497. The molecule has 0 atom stereocenters. The number of nitrogens with one attached hydrogen (secondary N) is 1. The normalized spacial score (nSPS) is 10.6. The number of carbonyl (C=O) groups is 2. The van der Waals surface area contributed by atoms with Crippen LogP contribution in [0.1, 0.15) is 27.9 Å². The van der Waals surface area contributed by atoms with Crippen LogP contribution in [-0.4, -0.2) is 33.9 Å². The highest BCUT2D eigenvalue weighted by Gasteiger charge is 2.12. The Labute approximate surface area is 150 Å². The number of alkyl carbamates (subject to hydrolysis) is 1. The fourth-order valence-corrected chi connectivity index (χ4v) is 2.14. The van der Waals surface area contributed by atoms with Crippen LogP contribution in [0.2, 0.25) is 0 Å². The smallest absolute Gasteiger partial charge is 0.407 e. The van der Waals surface area contributed by atoms with E-state index in [9.17, 15) is 19.8 Å². The van der Waals surface area contributed by atoms with E-state index in [2.05, 4.69) is 5.32 Å². The van der Waals surface area contributed by atoms with Crippen LogP contribution in [0.4, 0.5) is 4.79 Å². The van der Waals surface area contributed by atoms with Crippen molar-refractivity contribution in [3.8, 4) is 11.5 Å². The summed E-state index contributed by atoms with van der Waals surface area (Å²) in [6.07, 6.45) is 3.08. The summed E-state index contributed by atoms with van der Waals surface area (Å²) in [5.41, 5.74) is 0.844. The Hall–Kier alpha value is -3.48. The summed E-state index contributed by atoms with van der Waals surface area (Å²) in [5, 5.41) is 30.7. The lowest BCUT2D eigenvalue weighted by Crippen LogP contribution is -2.24. The van der Waals surface area contributed by atoms with Crippen molar-refractivity contribution >= 4 is 18.1 Å². The van der Waals surface area contributed by atoms with Crippen LogP contribution in [0.5, 0.6) is 11.5 Å².